The molecule has 508 valence electrons. The van der Waals surface area contributed by atoms with Crippen molar-refractivity contribution < 1.29 is 23.9 Å². The highest BCUT2D eigenvalue weighted by Crippen LogP contribution is 2.30. The molecule has 5 heterocycles. The SMILES string of the molecule is C[C@H](NC(=O)OC(C)(C)C)c1cc2cccc(C#CC(C)(C)C)c2c(=O)n1-c1ccccc1.C[C@H](NC(=O)OC(C)(C)C)c1cc2cccc(Cl)c2c(=O)n1-c1ccccc1.C[C@H](NC(=O)c1c(N)nn2cccnc12)c1cc2cccc(C#CC(C)(C)C)c2c(=O)n1-c1ccccc1. The van der Waals surface area contributed by atoms with E-state index in [0.717, 1.165) is 21.8 Å². The molecule has 5 N–H and O–H groups in total. The van der Waals surface area contributed by atoms with Crippen molar-refractivity contribution in [3.8, 4) is 40.7 Å². The molecule has 11 rings (SSSR count). The van der Waals surface area contributed by atoms with E-state index in [1.54, 1.807) is 65.1 Å². The van der Waals surface area contributed by atoms with Crippen LogP contribution in [0.5, 0.6) is 0 Å². The standard InChI is InChI=1S/C30H28N6O2.C28H32N2O3.C22H23ClN2O3/c1-19(33-28(37)25-26(31)34-35-17-9-16-32-27(25)35)23-18-21-11-8-10-20(14-15-30(2,3)4)24(21)29(38)36(23)22-12-6-5-7-13-22;1-19(29-26(32)33-28(5,6)7)23-18-21-13-11-12-20(16-17-27(2,3)4)24(21)25(31)30(23)22-14-9-8-10-15-22;1-14(24-21(27)28-22(2,3)4)18-13-15-9-8-12-17(23)19(15)20(26)25(18)16-10-6-5-7-11-16/h5-13,16-19H,1-4H3,(H2,31,34)(H,33,37);8-15,18-19H,1-7H3,(H,29,32);5-14H,1-4H3,(H,24,27)/t2*19-;14-/m000/s1. The number of hydrogen-bond acceptors (Lipinski definition) is 11. The number of hydrogen-bond donors (Lipinski definition) is 4. The molecule has 19 heteroatoms. The second kappa shape index (κ2) is 29.6. The van der Waals surface area contributed by atoms with Gasteiger partial charge in [-0.2, -0.15) is 0 Å². The molecule has 0 saturated heterocycles. The van der Waals surface area contributed by atoms with Gasteiger partial charge in [0.25, 0.3) is 22.6 Å². The van der Waals surface area contributed by atoms with Crippen molar-refractivity contribution in [3.05, 3.63) is 252 Å². The monoisotopic (exact) mass is 1350 g/mol. The van der Waals surface area contributed by atoms with Crippen LogP contribution in [0.2, 0.25) is 5.02 Å². The second-order valence-electron chi connectivity index (χ2n) is 28.0. The van der Waals surface area contributed by atoms with E-state index in [1.807, 2.05) is 235 Å². The average Bonchev–Trinajstić information content (AvgIpc) is 1.44. The third-order valence-corrected chi connectivity index (χ3v) is 15.5. The maximum absolute atomic E-state index is 14.1. The van der Waals surface area contributed by atoms with E-state index in [2.05, 4.69) is 49.7 Å². The fraction of sp³-hybridized carbons (Fsp3) is 0.275. The number of para-hydroxylation sites is 3. The Labute approximate surface area is 581 Å². The van der Waals surface area contributed by atoms with Gasteiger partial charge in [0.1, 0.15) is 16.8 Å². The Morgan fingerprint density at radius 3 is 1.23 bits per heavy atom. The Kier molecular flexibility index (Phi) is 21.6. The van der Waals surface area contributed by atoms with Gasteiger partial charge in [0.15, 0.2) is 11.5 Å². The molecule has 0 unspecified atom stereocenters. The molecule has 0 aliphatic rings. The smallest absolute Gasteiger partial charge is 0.408 e. The first kappa shape index (κ1) is 72.1. The molecule has 6 aromatic carbocycles. The zero-order valence-corrected chi connectivity index (χ0v) is 59.2. The lowest BCUT2D eigenvalue weighted by molar-refractivity contribution is 0.0494. The number of nitrogens with zero attached hydrogens (tertiary/aromatic N) is 6. The number of nitrogens with one attached hydrogen (secondary N) is 3. The molecule has 0 saturated carbocycles. The molecular weight excluding hydrogens is 1260 g/mol. The molecule has 0 spiro atoms. The molecular formula is C80H83ClN10O8. The molecule has 0 aliphatic carbocycles. The van der Waals surface area contributed by atoms with Crippen molar-refractivity contribution in [1.82, 2.24) is 44.2 Å². The second-order valence-corrected chi connectivity index (χ2v) is 28.4. The zero-order valence-electron chi connectivity index (χ0n) is 58.5. The number of benzene rings is 6. The molecule has 0 radical (unpaired) electrons. The van der Waals surface area contributed by atoms with Crippen LogP contribution in [0.1, 0.15) is 161 Å². The van der Waals surface area contributed by atoms with Gasteiger partial charge in [-0.1, -0.05) is 126 Å². The summed E-state index contributed by atoms with van der Waals surface area (Å²) < 4.78 is 17.1. The summed E-state index contributed by atoms with van der Waals surface area (Å²) in [6.07, 6.45) is 2.17. The number of fused-ring (bicyclic) bond motifs is 4. The fourth-order valence-electron chi connectivity index (χ4n) is 10.9. The Morgan fingerprint density at radius 2 is 0.848 bits per heavy atom. The first-order valence-electron chi connectivity index (χ1n) is 32.5. The molecule has 3 atom stereocenters. The van der Waals surface area contributed by atoms with Crippen LogP contribution in [-0.4, -0.2) is 57.6 Å². The summed E-state index contributed by atoms with van der Waals surface area (Å²) >= 11 is 6.31. The number of nitrogens with two attached hydrogens (primary N) is 1. The highest BCUT2D eigenvalue weighted by molar-refractivity contribution is 6.35. The highest BCUT2D eigenvalue weighted by Gasteiger charge is 2.27. The number of pyridine rings is 3. The number of amides is 3. The Balaban J connectivity index is 0.000000176. The van der Waals surface area contributed by atoms with E-state index >= 15 is 0 Å². The zero-order chi connectivity index (χ0) is 71.9. The van der Waals surface area contributed by atoms with Gasteiger partial charge in [0.2, 0.25) is 0 Å². The van der Waals surface area contributed by atoms with Crippen LogP contribution in [0.4, 0.5) is 15.4 Å². The van der Waals surface area contributed by atoms with Gasteiger partial charge in [-0.15, -0.1) is 5.10 Å². The van der Waals surface area contributed by atoms with E-state index < -0.39 is 47.4 Å². The summed E-state index contributed by atoms with van der Waals surface area (Å²) in [4.78, 5) is 83.6. The molecule has 18 nitrogen and oxygen atoms in total. The fourth-order valence-corrected chi connectivity index (χ4v) is 11.2. The number of ether oxygens (including phenoxy) is 2. The minimum absolute atomic E-state index is 0.0782. The van der Waals surface area contributed by atoms with E-state index in [4.69, 9.17) is 26.8 Å². The Morgan fingerprint density at radius 1 is 0.485 bits per heavy atom. The number of carbonyl (C=O) groups is 3. The molecule has 0 fully saturated rings. The quantitative estimate of drug-likeness (QED) is 0.0942. The predicted molar refractivity (Wildman–Crippen MR) is 395 cm³/mol. The molecule has 3 amide bonds. The number of nitrogen functional groups attached to an aromatic ring is 1. The van der Waals surface area contributed by atoms with E-state index in [1.165, 1.54) is 4.52 Å². The van der Waals surface area contributed by atoms with Crippen LogP contribution in [-0.2, 0) is 9.47 Å². The number of carbonyl (C=O) groups excluding carboxylic acids is 3. The number of rotatable bonds is 10. The third-order valence-electron chi connectivity index (χ3n) is 15.2. The molecule has 99 heavy (non-hydrogen) atoms. The first-order chi connectivity index (χ1) is 46.7. The predicted octanol–water partition coefficient (Wildman–Crippen LogP) is 15.7. The summed E-state index contributed by atoms with van der Waals surface area (Å²) in [6.45, 7) is 28.5. The Hall–Kier alpha value is -11.2. The average molecular weight is 1350 g/mol. The minimum atomic E-state index is -0.618. The van der Waals surface area contributed by atoms with Crippen LogP contribution in [0, 0.1) is 34.5 Å². The van der Waals surface area contributed by atoms with E-state index in [0.29, 0.717) is 66.4 Å². The van der Waals surface area contributed by atoms with Crippen molar-refractivity contribution in [1.29, 1.82) is 0 Å². The molecule has 11 aromatic rings. The van der Waals surface area contributed by atoms with Crippen molar-refractivity contribution in [2.45, 2.75) is 133 Å². The summed E-state index contributed by atoms with van der Waals surface area (Å²) in [6, 6.07) is 50.6. The van der Waals surface area contributed by atoms with Crippen LogP contribution in [0.25, 0.3) is 55.0 Å². The summed E-state index contributed by atoms with van der Waals surface area (Å²) in [5, 5.41) is 17.0. The minimum Gasteiger partial charge on any atom is -0.444 e. The van der Waals surface area contributed by atoms with Gasteiger partial charge in [0, 0.05) is 68.5 Å². The lowest BCUT2D eigenvalue weighted by Crippen LogP contribution is -2.36. The lowest BCUT2D eigenvalue weighted by Gasteiger charge is -2.24. The van der Waals surface area contributed by atoms with Crippen molar-refractivity contribution in [2.24, 2.45) is 10.8 Å². The highest BCUT2D eigenvalue weighted by atomic mass is 35.5. The van der Waals surface area contributed by atoms with Gasteiger partial charge in [-0.05, 0) is 199 Å². The van der Waals surface area contributed by atoms with Crippen molar-refractivity contribution >= 4 is 73.5 Å². The number of halogens is 1. The lowest BCUT2D eigenvalue weighted by atomic mass is 9.96. The summed E-state index contributed by atoms with van der Waals surface area (Å²) in [7, 11) is 0. The van der Waals surface area contributed by atoms with Gasteiger partial charge in [-0.3, -0.25) is 32.9 Å². The largest absolute Gasteiger partial charge is 0.444 e. The van der Waals surface area contributed by atoms with Crippen LogP contribution >= 0.6 is 11.6 Å². The first-order valence-corrected chi connectivity index (χ1v) is 32.9. The van der Waals surface area contributed by atoms with Crippen LogP contribution in [0.15, 0.2) is 197 Å². The molecule has 5 aromatic heterocycles. The van der Waals surface area contributed by atoms with Crippen molar-refractivity contribution in [3.63, 3.8) is 0 Å². The van der Waals surface area contributed by atoms with Gasteiger partial charge in [0.05, 0.1) is 39.3 Å². The van der Waals surface area contributed by atoms with Crippen LogP contribution in [0.3, 0.4) is 0 Å². The summed E-state index contributed by atoms with van der Waals surface area (Å²) in [5.74, 6) is 12.5. The number of aromatic nitrogens is 6. The maximum atomic E-state index is 14.1. The van der Waals surface area contributed by atoms with Crippen LogP contribution < -0.4 is 38.4 Å². The molecule has 0 aliphatic heterocycles. The van der Waals surface area contributed by atoms with Gasteiger partial charge >= 0.3 is 12.2 Å². The third kappa shape index (κ3) is 17.7. The van der Waals surface area contributed by atoms with E-state index in [9.17, 15) is 28.8 Å². The Bertz CT molecular complexity index is 5170. The topological polar surface area (TPSA) is 228 Å². The normalized spacial score (nSPS) is 12.4. The number of anilines is 1. The maximum Gasteiger partial charge on any atom is 0.408 e. The van der Waals surface area contributed by atoms with Gasteiger partial charge in [-0.25, -0.2) is 19.1 Å². The van der Waals surface area contributed by atoms with Crippen molar-refractivity contribution in [2.75, 3.05) is 5.73 Å². The number of alkyl carbamates (subject to hydrolysis) is 2. The van der Waals surface area contributed by atoms with Gasteiger partial charge < -0.3 is 31.2 Å². The van der Waals surface area contributed by atoms with E-state index in [-0.39, 0.29) is 38.9 Å². The summed E-state index contributed by atoms with van der Waals surface area (Å²) in [5.41, 5.74) is 9.73. The molecule has 0 bridgehead atoms.